The number of benzene rings is 1. The SMILES string of the molecule is COCc1ccccc1P(C)C. The van der Waals surface area contributed by atoms with Crippen molar-refractivity contribution in [3.05, 3.63) is 29.8 Å². The summed E-state index contributed by atoms with van der Waals surface area (Å²) in [6.45, 7) is 5.27. The molecule has 0 saturated carbocycles. The fourth-order valence-electron chi connectivity index (χ4n) is 1.22. The second-order valence-electron chi connectivity index (χ2n) is 2.96. The van der Waals surface area contributed by atoms with E-state index in [1.165, 1.54) is 10.9 Å². The summed E-state index contributed by atoms with van der Waals surface area (Å²) in [4.78, 5) is 0. The Bertz CT molecular complexity index is 245. The van der Waals surface area contributed by atoms with Crippen molar-refractivity contribution < 1.29 is 4.74 Å². The fourth-order valence-corrected chi connectivity index (χ4v) is 2.32. The molecule has 0 amide bonds. The molecule has 0 aliphatic rings. The van der Waals surface area contributed by atoms with Crippen LogP contribution in [0.2, 0.25) is 0 Å². The van der Waals surface area contributed by atoms with Crippen LogP contribution in [0.5, 0.6) is 0 Å². The van der Waals surface area contributed by atoms with Crippen LogP contribution in [0.3, 0.4) is 0 Å². The molecule has 1 rings (SSSR count). The van der Waals surface area contributed by atoms with E-state index in [0.717, 1.165) is 6.61 Å². The molecule has 0 spiro atoms. The van der Waals surface area contributed by atoms with Crippen molar-refractivity contribution in [1.29, 1.82) is 0 Å². The van der Waals surface area contributed by atoms with Crippen LogP contribution in [0.1, 0.15) is 5.56 Å². The van der Waals surface area contributed by atoms with E-state index in [2.05, 4.69) is 37.6 Å². The molecule has 12 heavy (non-hydrogen) atoms. The Balaban J connectivity index is 2.92. The summed E-state index contributed by atoms with van der Waals surface area (Å²) < 4.78 is 5.13. The largest absolute Gasteiger partial charge is 0.380 e. The topological polar surface area (TPSA) is 9.23 Å². The zero-order chi connectivity index (χ0) is 8.97. The average molecular weight is 182 g/mol. The van der Waals surface area contributed by atoms with E-state index in [9.17, 15) is 0 Å². The van der Waals surface area contributed by atoms with Gasteiger partial charge < -0.3 is 4.74 Å². The molecule has 0 aliphatic heterocycles. The highest BCUT2D eigenvalue weighted by Gasteiger charge is 2.03. The molecule has 0 atom stereocenters. The molecule has 0 bridgehead atoms. The number of rotatable bonds is 3. The first kappa shape index (κ1) is 9.70. The molecule has 0 unspecified atom stereocenters. The standard InChI is InChI=1S/C10H15OP/c1-11-8-9-6-4-5-7-10(9)12(2)3/h4-7H,8H2,1-3H3. The van der Waals surface area contributed by atoms with Crippen LogP contribution in [0.4, 0.5) is 0 Å². The zero-order valence-electron chi connectivity index (χ0n) is 7.87. The van der Waals surface area contributed by atoms with Gasteiger partial charge in [0.1, 0.15) is 0 Å². The molecule has 1 aromatic carbocycles. The number of ether oxygens (including phenoxy) is 1. The molecule has 0 saturated heterocycles. The Morgan fingerprint density at radius 3 is 2.50 bits per heavy atom. The quantitative estimate of drug-likeness (QED) is 0.651. The van der Waals surface area contributed by atoms with Gasteiger partial charge in [-0.05, 0) is 24.2 Å². The van der Waals surface area contributed by atoms with Crippen molar-refractivity contribution in [3.63, 3.8) is 0 Å². The predicted octanol–water partition coefficient (Wildman–Crippen LogP) is 2.20. The highest BCUT2D eigenvalue weighted by Crippen LogP contribution is 2.25. The van der Waals surface area contributed by atoms with Crippen LogP contribution < -0.4 is 5.30 Å². The lowest BCUT2D eigenvalue weighted by Crippen LogP contribution is -2.07. The Morgan fingerprint density at radius 1 is 1.25 bits per heavy atom. The average Bonchev–Trinajstić information content (AvgIpc) is 2.05. The van der Waals surface area contributed by atoms with E-state index < -0.39 is 0 Å². The fraction of sp³-hybridized carbons (Fsp3) is 0.400. The van der Waals surface area contributed by atoms with E-state index in [1.807, 2.05) is 0 Å². The van der Waals surface area contributed by atoms with Gasteiger partial charge >= 0.3 is 0 Å². The molecule has 1 nitrogen and oxygen atoms in total. The third-order valence-electron chi connectivity index (χ3n) is 1.77. The summed E-state index contributed by atoms with van der Waals surface area (Å²) in [6, 6.07) is 8.49. The van der Waals surface area contributed by atoms with Gasteiger partial charge in [0.25, 0.3) is 0 Å². The van der Waals surface area contributed by atoms with E-state index in [4.69, 9.17) is 4.74 Å². The lowest BCUT2D eigenvalue weighted by Gasteiger charge is -2.11. The molecular formula is C10H15OP. The minimum Gasteiger partial charge on any atom is -0.380 e. The van der Waals surface area contributed by atoms with Gasteiger partial charge in [0.05, 0.1) is 6.61 Å². The van der Waals surface area contributed by atoms with E-state index in [0.29, 0.717) is 0 Å². The van der Waals surface area contributed by atoms with Crippen molar-refractivity contribution in [3.8, 4) is 0 Å². The summed E-state index contributed by atoms with van der Waals surface area (Å²) >= 11 is 0. The first-order chi connectivity index (χ1) is 5.75. The minimum atomic E-state index is -0.00792. The van der Waals surface area contributed by atoms with Gasteiger partial charge in [-0.3, -0.25) is 0 Å². The second-order valence-corrected chi connectivity index (χ2v) is 5.23. The Morgan fingerprint density at radius 2 is 1.92 bits per heavy atom. The number of methoxy groups -OCH3 is 1. The van der Waals surface area contributed by atoms with Gasteiger partial charge in [-0.1, -0.05) is 32.2 Å². The van der Waals surface area contributed by atoms with Crippen LogP contribution in [0.25, 0.3) is 0 Å². The van der Waals surface area contributed by atoms with Crippen molar-refractivity contribution in [2.45, 2.75) is 6.61 Å². The molecular weight excluding hydrogens is 167 g/mol. The molecule has 0 heterocycles. The third kappa shape index (κ3) is 2.30. The van der Waals surface area contributed by atoms with Crippen molar-refractivity contribution >= 4 is 13.2 Å². The highest BCUT2D eigenvalue weighted by atomic mass is 31.1. The van der Waals surface area contributed by atoms with E-state index in [1.54, 1.807) is 7.11 Å². The first-order valence-electron chi connectivity index (χ1n) is 4.00. The molecule has 0 aliphatic carbocycles. The van der Waals surface area contributed by atoms with Gasteiger partial charge in [-0.25, -0.2) is 0 Å². The van der Waals surface area contributed by atoms with Gasteiger partial charge in [-0.15, -0.1) is 0 Å². The van der Waals surface area contributed by atoms with Crippen LogP contribution in [0.15, 0.2) is 24.3 Å². The summed E-state index contributed by atoms with van der Waals surface area (Å²) in [5, 5.41) is 1.45. The maximum absolute atomic E-state index is 5.13. The molecule has 0 radical (unpaired) electrons. The summed E-state index contributed by atoms with van der Waals surface area (Å²) in [6.07, 6.45) is 0. The maximum Gasteiger partial charge on any atom is 0.0719 e. The van der Waals surface area contributed by atoms with Crippen LogP contribution >= 0.6 is 7.92 Å². The van der Waals surface area contributed by atoms with Gasteiger partial charge in [-0.2, -0.15) is 0 Å². The molecule has 0 N–H and O–H groups in total. The van der Waals surface area contributed by atoms with Crippen molar-refractivity contribution in [1.82, 2.24) is 0 Å². The normalized spacial score (nSPS) is 10.7. The molecule has 0 fully saturated rings. The summed E-state index contributed by atoms with van der Waals surface area (Å²) in [5.74, 6) is 0. The Hall–Kier alpha value is -0.390. The number of hydrogen-bond donors (Lipinski definition) is 0. The highest BCUT2D eigenvalue weighted by molar-refractivity contribution is 7.64. The molecule has 66 valence electrons. The van der Waals surface area contributed by atoms with Gasteiger partial charge in [0.15, 0.2) is 0 Å². The smallest absolute Gasteiger partial charge is 0.0719 e. The maximum atomic E-state index is 5.13. The Kier molecular flexibility index (Phi) is 3.71. The van der Waals surface area contributed by atoms with Gasteiger partial charge in [0, 0.05) is 7.11 Å². The predicted molar refractivity (Wildman–Crippen MR) is 55.6 cm³/mol. The van der Waals surface area contributed by atoms with E-state index >= 15 is 0 Å². The molecule has 0 aromatic heterocycles. The lowest BCUT2D eigenvalue weighted by molar-refractivity contribution is 0.185. The molecule has 2 heteroatoms. The van der Waals surface area contributed by atoms with Crippen LogP contribution in [-0.4, -0.2) is 20.4 Å². The van der Waals surface area contributed by atoms with Crippen LogP contribution in [-0.2, 0) is 11.3 Å². The van der Waals surface area contributed by atoms with E-state index in [-0.39, 0.29) is 7.92 Å². The Labute approximate surface area is 75.5 Å². The third-order valence-corrected chi connectivity index (χ3v) is 3.17. The second kappa shape index (κ2) is 4.59. The van der Waals surface area contributed by atoms with Crippen molar-refractivity contribution in [2.75, 3.05) is 20.4 Å². The van der Waals surface area contributed by atoms with Crippen molar-refractivity contribution in [2.24, 2.45) is 0 Å². The summed E-state index contributed by atoms with van der Waals surface area (Å²) in [5.41, 5.74) is 1.33. The number of hydrogen-bond acceptors (Lipinski definition) is 1. The first-order valence-corrected chi connectivity index (χ1v) is 6.23. The monoisotopic (exact) mass is 182 g/mol. The lowest BCUT2D eigenvalue weighted by atomic mass is 10.2. The molecule has 1 aromatic rings. The minimum absolute atomic E-state index is 0.00792. The van der Waals surface area contributed by atoms with Gasteiger partial charge in [0.2, 0.25) is 0 Å². The van der Waals surface area contributed by atoms with Crippen LogP contribution in [0, 0.1) is 0 Å². The summed E-state index contributed by atoms with van der Waals surface area (Å²) in [7, 11) is 1.73. The zero-order valence-corrected chi connectivity index (χ0v) is 8.77.